The van der Waals surface area contributed by atoms with Crippen molar-refractivity contribution in [2.24, 2.45) is 23.7 Å². The second kappa shape index (κ2) is 5.35. The molecule has 6 heteroatoms. The topological polar surface area (TPSA) is 36.9 Å². The first-order valence-corrected chi connectivity index (χ1v) is 9.22. The van der Waals surface area contributed by atoms with E-state index in [-0.39, 0.29) is 24.2 Å². The molecule has 1 saturated carbocycles. The standard InChI is InChI=1S/C18H28F2O4/c1-10-5-6-13-11(2)14(9-16(3,19)20)21-15-18(13)12(10)7-8-17(4,22-15)23-24-18/h10-15H,5-9H2,1-4H3/t10-,11-,12+,13+,14?,15-,17-,18-/m1/s1. The van der Waals surface area contributed by atoms with Crippen LogP contribution in [0.15, 0.2) is 0 Å². The largest absolute Gasteiger partial charge is 0.346 e. The zero-order valence-corrected chi connectivity index (χ0v) is 14.9. The highest BCUT2D eigenvalue weighted by molar-refractivity contribution is 5.10. The summed E-state index contributed by atoms with van der Waals surface area (Å²) in [5.41, 5.74) is -0.660. The van der Waals surface area contributed by atoms with E-state index in [1.165, 1.54) is 0 Å². The Morgan fingerprint density at radius 2 is 1.83 bits per heavy atom. The molecule has 0 amide bonds. The minimum atomic E-state index is -2.75. The molecular formula is C18H28F2O4. The molecule has 0 N–H and O–H groups in total. The first-order chi connectivity index (χ1) is 11.1. The maximum atomic E-state index is 13.7. The molecule has 1 spiro atoms. The molecule has 138 valence electrons. The van der Waals surface area contributed by atoms with Gasteiger partial charge in [-0.2, -0.15) is 0 Å². The fourth-order valence-electron chi connectivity index (χ4n) is 5.57. The van der Waals surface area contributed by atoms with Crippen LogP contribution in [0, 0.1) is 23.7 Å². The summed E-state index contributed by atoms with van der Waals surface area (Å²) in [7, 11) is 0. The fraction of sp³-hybridized carbons (Fsp3) is 1.00. The van der Waals surface area contributed by atoms with Crippen molar-refractivity contribution in [3.05, 3.63) is 0 Å². The molecule has 1 unspecified atom stereocenters. The number of hydrogen-bond acceptors (Lipinski definition) is 4. The second-order valence-corrected chi connectivity index (χ2v) is 8.72. The predicted molar refractivity (Wildman–Crippen MR) is 82.1 cm³/mol. The van der Waals surface area contributed by atoms with Crippen LogP contribution in [-0.4, -0.2) is 29.7 Å². The van der Waals surface area contributed by atoms with Gasteiger partial charge < -0.3 is 9.47 Å². The summed E-state index contributed by atoms with van der Waals surface area (Å²) in [6, 6.07) is 0. The van der Waals surface area contributed by atoms with Crippen LogP contribution in [0.2, 0.25) is 0 Å². The van der Waals surface area contributed by atoms with Crippen molar-refractivity contribution in [3.63, 3.8) is 0 Å². The van der Waals surface area contributed by atoms with Crippen molar-refractivity contribution in [1.29, 1.82) is 0 Å². The average Bonchev–Trinajstić information content (AvgIpc) is 2.69. The van der Waals surface area contributed by atoms with Gasteiger partial charge >= 0.3 is 0 Å². The summed E-state index contributed by atoms with van der Waals surface area (Å²) >= 11 is 0. The molecule has 24 heavy (non-hydrogen) atoms. The van der Waals surface area contributed by atoms with Crippen LogP contribution in [0.5, 0.6) is 0 Å². The Balaban J connectivity index is 1.72. The molecule has 0 radical (unpaired) electrons. The first kappa shape index (κ1) is 17.1. The highest BCUT2D eigenvalue weighted by Crippen LogP contribution is 2.61. The van der Waals surface area contributed by atoms with Gasteiger partial charge in [0.05, 0.1) is 6.10 Å². The van der Waals surface area contributed by atoms with E-state index in [0.29, 0.717) is 5.92 Å². The van der Waals surface area contributed by atoms with Crippen LogP contribution in [0.3, 0.4) is 0 Å². The van der Waals surface area contributed by atoms with Gasteiger partial charge in [0.25, 0.3) is 0 Å². The molecule has 0 aromatic rings. The van der Waals surface area contributed by atoms with Gasteiger partial charge in [-0.3, -0.25) is 0 Å². The van der Waals surface area contributed by atoms with E-state index >= 15 is 0 Å². The van der Waals surface area contributed by atoms with Gasteiger partial charge in [-0.15, -0.1) is 0 Å². The average molecular weight is 346 g/mol. The van der Waals surface area contributed by atoms with Crippen LogP contribution >= 0.6 is 0 Å². The van der Waals surface area contributed by atoms with Gasteiger partial charge in [0, 0.05) is 18.8 Å². The molecule has 5 aliphatic rings. The summed E-state index contributed by atoms with van der Waals surface area (Å²) in [5, 5.41) is 0. The third kappa shape index (κ3) is 2.44. The lowest BCUT2D eigenvalue weighted by Crippen LogP contribution is -2.70. The first-order valence-electron chi connectivity index (χ1n) is 9.22. The van der Waals surface area contributed by atoms with E-state index in [2.05, 4.69) is 6.92 Å². The molecule has 1 aliphatic carbocycles. The van der Waals surface area contributed by atoms with E-state index in [9.17, 15) is 8.78 Å². The summed E-state index contributed by atoms with van der Waals surface area (Å²) in [4.78, 5) is 11.7. The molecule has 4 heterocycles. The predicted octanol–water partition coefficient (Wildman–Crippen LogP) is 4.28. The molecule has 4 aliphatic heterocycles. The molecule has 5 rings (SSSR count). The van der Waals surface area contributed by atoms with Gasteiger partial charge in [0.2, 0.25) is 11.7 Å². The van der Waals surface area contributed by atoms with Crippen LogP contribution < -0.4 is 0 Å². The van der Waals surface area contributed by atoms with Gasteiger partial charge in [0.15, 0.2) is 11.9 Å². The summed E-state index contributed by atoms with van der Waals surface area (Å²) in [6.07, 6.45) is 2.29. The molecule has 4 nitrogen and oxygen atoms in total. The van der Waals surface area contributed by atoms with Crippen molar-refractivity contribution in [2.45, 2.75) is 89.5 Å². The smallest absolute Gasteiger partial charge is 0.247 e. The van der Waals surface area contributed by atoms with Crippen molar-refractivity contribution in [2.75, 3.05) is 0 Å². The number of hydrogen-bond donors (Lipinski definition) is 0. The third-order valence-electron chi connectivity index (χ3n) is 6.85. The number of halogens is 2. The van der Waals surface area contributed by atoms with E-state index in [1.54, 1.807) is 0 Å². The zero-order valence-electron chi connectivity index (χ0n) is 14.9. The quantitative estimate of drug-likeness (QED) is 0.699. The maximum absolute atomic E-state index is 13.7. The molecule has 5 fully saturated rings. The molecule has 4 saturated heterocycles. The van der Waals surface area contributed by atoms with Gasteiger partial charge in [-0.25, -0.2) is 18.6 Å². The normalized spacial score (nSPS) is 54.2. The lowest BCUT2D eigenvalue weighted by atomic mass is 9.57. The molecule has 0 aromatic carbocycles. The van der Waals surface area contributed by atoms with E-state index in [1.807, 2.05) is 13.8 Å². The molecule has 0 aromatic heterocycles. The lowest BCUT2D eigenvalue weighted by Gasteiger charge is -2.60. The minimum absolute atomic E-state index is 0.0169. The van der Waals surface area contributed by atoms with Gasteiger partial charge in [0.1, 0.15) is 0 Å². The number of alkyl halides is 2. The van der Waals surface area contributed by atoms with Crippen molar-refractivity contribution in [1.82, 2.24) is 0 Å². The summed E-state index contributed by atoms with van der Waals surface area (Å²) in [6.45, 7) is 7.07. The summed E-state index contributed by atoms with van der Waals surface area (Å²) in [5.74, 6) is -2.75. The van der Waals surface area contributed by atoms with Crippen LogP contribution in [0.4, 0.5) is 8.78 Å². The van der Waals surface area contributed by atoms with Crippen LogP contribution in [-0.2, 0) is 19.2 Å². The zero-order chi connectivity index (χ0) is 17.3. The molecular weight excluding hydrogens is 318 g/mol. The van der Waals surface area contributed by atoms with Crippen molar-refractivity contribution in [3.8, 4) is 0 Å². The monoisotopic (exact) mass is 346 g/mol. The van der Waals surface area contributed by atoms with E-state index < -0.39 is 29.7 Å². The molecule has 8 atom stereocenters. The number of rotatable bonds is 2. The van der Waals surface area contributed by atoms with Crippen molar-refractivity contribution >= 4 is 0 Å². The van der Waals surface area contributed by atoms with Crippen molar-refractivity contribution < 1.29 is 28.0 Å². The van der Waals surface area contributed by atoms with Gasteiger partial charge in [-0.05, 0) is 50.9 Å². The SMILES string of the molecule is C[C@@H]1CC[C@H]2[C@@H](C)C(CC(C)(F)F)O[C@@H]3O[C@@]4(C)CC[C@@H]1[C@]32OO4. The fourth-order valence-corrected chi connectivity index (χ4v) is 5.57. The third-order valence-corrected chi connectivity index (χ3v) is 6.85. The Hall–Kier alpha value is -0.300. The Morgan fingerprint density at radius 3 is 2.54 bits per heavy atom. The van der Waals surface area contributed by atoms with Crippen LogP contribution in [0.1, 0.15) is 59.8 Å². The lowest BCUT2D eigenvalue weighted by molar-refractivity contribution is -0.571. The highest BCUT2D eigenvalue weighted by Gasteiger charge is 2.69. The Bertz CT molecular complexity index is 510. The summed E-state index contributed by atoms with van der Waals surface area (Å²) < 4.78 is 39.6. The molecule has 2 bridgehead atoms. The van der Waals surface area contributed by atoms with E-state index in [0.717, 1.165) is 32.6 Å². The van der Waals surface area contributed by atoms with Crippen LogP contribution in [0.25, 0.3) is 0 Å². The Morgan fingerprint density at radius 1 is 1.08 bits per heavy atom. The number of fused-ring (bicyclic) bond motifs is 2. The number of ether oxygens (including phenoxy) is 2. The van der Waals surface area contributed by atoms with Gasteiger partial charge in [-0.1, -0.05) is 13.8 Å². The highest BCUT2D eigenvalue weighted by atomic mass is 19.3. The maximum Gasteiger partial charge on any atom is 0.247 e. The Labute approximate surface area is 142 Å². The minimum Gasteiger partial charge on any atom is -0.346 e. The Kier molecular flexibility index (Phi) is 3.82. The van der Waals surface area contributed by atoms with E-state index in [4.69, 9.17) is 19.2 Å². The second-order valence-electron chi connectivity index (χ2n) is 8.72.